The summed E-state index contributed by atoms with van der Waals surface area (Å²) in [5, 5.41) is 24.6. The summed E-state index contributed by atoms with van der Waals surface area (Å²) in [6.07, 6.45) is 0. The van der Waals surface area contributed by atoms with Gasteiger partial charge in [0.2, 0.25) is 0 Å². The number of nitrogens with one attached hydrogen (secondary N) is 1. The number of nitro groups is 1. The first-order chi connectivity index (χ1) is 10.9. The van der Waals surface area contributed by atoms with E-state index in [0.29, 0.717) is 5.69 Å². The number of thiophene rings is 1. The second-order valence-electron chi connectivity index (χ2n) is 4.56. The van der Waals surface area contributed by atoms with E-state index < -0.39 is 10.8 Å². The van der Waals surface area contributed by atoms with Crippen molar-refractivity contribution >= 4 is 28.3 Å². The van der Waals surface area contributed by atoms with Crippen molar-refractivity contribution in [1.29, 1.82) is 0 Å². The number of rotatable bonds is 4. The minimum atomic E-state index is -0.560. The summed E-state index contributed by atoms with van der Waals surface area (Å²) >= 11 is 0.760. The molecule has 0 aliphatic rings. The molecular formula is C12H10N6O4S. The summed E-state index contributed by atoms with van der Waals surface area (Å²) in [5.74, 6) is -0.392. The highest BCUT2D eigenvalue weighted by atomic mass is 32.1. The predicted molar refractivity (Wildman–Crippen MR) is 80.2 cm³/mol. The molecule has 0 aliphatic carbocycles. The van der Waals surface area contributed by atoms with Gasteiger partial charge in [0.15, 0.2) is 0 Å². The van der Waals surface area contributed by atoms with Crippen molar-refractivity contribution in [3.63, 3.8) is 0 Å². The Hall–Kier alpha value is -3.08. The van der Waals surface area contributed by atoms with Gasteiger partial charge in [-0.15, -0.1) is 5.10 Å². The molecule has 11 heteroatoms. The average Bonchev–Trinajstić information content (AvgIpc) is 3.20. The van der Waals surface area contributed by atoms with E-state index in [-0.39, 0.29) is 21.8 Å². The number of amides is 1. The quantitative estimate of drug-likeness (QED) is 0.570. The summed E-state index contributed by atoms with van der Waals surface area (Å²) in [4.78, 5) is 22.2. The maximum absolute atomic E-state index is 12.0. The number of anilines is 1. The SMILES string of the molecule is Cc1cc(-c2nnc(NC(=O)c3ccc([N+](=O)[O-])s3)o2)nn1C. The van der Waals surface area contributed by atoms with Crippen LogP contribution in [0.4, 0.5) is 11.0 Å². The smallest absolute Gasteiger partial charge is 0.324 e. The fraction of sp³-hybridized carbons (Fsp3) is 0.167. The van der Waals surface area contributed by atoms with Crippen LogP contribution in [0, 0.1) is 17.0 Å². The third-order valence-electron chi connectivity index (χ3n) is 2.97. The number of carbonyl (C=O) groups excluding carboxylic acids is 1. The van der Waals surface area contributed by atoms with Crippen LogP contribution in [0.3, 0.4) is 0 Å². The summed E-state index contributed by atoms with van der Waals surface area (Å²) < 4.78 is 6.98. The van der Waals surface area contributed by atoms with Crippen molar-refractivity contribution < 1.29 is 14.1 Å². The zero-order chi connectivity index (χ0) is 16.6. The number of hydrogen-bond acceptors (Lipinski definition) is 8. The molecule has 0 aromatic carbocycles. The molecule has 0 bridgehead atoms. The highest BCUT2D eigenvalue weighted by Crippen LogP contribution is 2.25. The van der Waals surface area contributed by atoms with Crippen molar-refractivity contribution in [2.75, 3.05) is 5.32 Å². The van der Waals surface area contributed by atoms with Gasteiger partial charge in [-0.1, -0.05) is 16.4 Å². The van der Waals surface area contributed by atoms with Crippen LogP contribution in [0.25, 0.3) is 11.6 Å². The Bertz CT molecular complexity index is 876. The van der Waals surface area contributed by atoms with Crippen LogP contribution >= 0.6 is 11.3 Å². The van der Waals surface area contributed by atoms with E-state index in [9.17, 15) is 14.9 Å². The minimum Gasteiger partial charge on any atom is -0.401 e. The standard InChI is InChI=1S/C12H10N6O4S/c1-6-5-7(16-17(6)2)11-14-15-12(22-11)13-10(19)8-3-4-9(23-8)18(20)21/h3-5H,1-2H3,(H,13,15,19). The van der Waals surface area contributed by atoms with E-state index in [1.54, 1.807) is 17.8 Å². The lowest BCUT2D eigenvalue weighted by atomic mass is 10.4. The number of aryl methyl sites for hydroxylation is 2. The molecule has 118 valence electrons. The molecule has 3 aromatic rings. The van der Waals surface area contributed by atoms with E-state index in [4.69, 9.17) is 4.42 Å². The van der Waals surface area contributed by atoms with Crippen LogP contribution in [0.1, 0.15) is 15.4 Å². The van der Waals surface area contributed by atoms with Gasteiger partial charge in [0, 0.05) is 18.8 Å². The monoisotopic (exact) mass is 334 g/mol. The normalized spacial score (nSPS) is 10.7. The lowest BCUT2D eigenvalue weighted by Gasteiger charge is -1.95. The zero-order valence-corrected chi connectivity index (χ0v) is 12.8. The predicted octanol–water partition coefficient (Wildman–Crippen LogP) is 2.00. The van der Waals surface area contributed by atoms with Crippen LogP contribution in [0.5, 0.6) is 0 Å². The van der Waals surface area contributed by atoms with Crippen molar-refractivity contribution in [3.8, 4) is 11.6 Å². The molecule has 1 N–H and O–H groups in total. The maximum Gasteiger partial charge on any atom is 0.324 e. The van der Waals surface area contributed by atoms with Gasteiger partial charge in [-0.3, -0.25) is 24.9 Å². The van der Waals surface area contributed by atoms with Gasteiger partial charge in [-0.05, 0) is 19.1 Å². The summed E-state index contributed by atoms with van der Waals surface area (Å²) in [6, 6.07) is 4.28. The second-order valence-corrected chi connectivity index (χ2v) is 5.62. The Kier molecular flexibility index (Phi) is 3.62. The van der Waals surface area contributed by atoms with Crippen LogP contribution in [-0.2, 0) is 7.05 Å². The van der Waals surface area contributed by atoms with E-state index in [1.807, 2.05) is 6.92 Å². The third kappa shape index (κ3) is 2.94. The Morgan fingerprint density at radius 3 is 2.83 bits per heavy atom. The number of aromatic nitrogens is 4. The fourth-order valence-electron chi connectivity index (χ4n) is 1.75. The lowest BCUT2D eigenvalue weighted by molar-refractivity contribution is -0.380. The lowest BCUT2D eigenvalue weighted by Crippen LogP contribution is -2.10. The highest BCUT2D eigenvalue weighted by Gasteiger charge is 2.18. The molecule has 1 amide bonds. The summed E-state index contributed by atoms with van der Waals surface area (Å²) in [6.45, 7) is 1.87. The largest absolute Gasteiger partial charge is 0.401 e. The Balaban J connectivity index is 1.75. The van der Waals surface area contributed by atoms with Gasteiger partial charge in [-0.2, -0.15) is 5.10 Å². The Labute approximate surface area is 132 Å². The van der Waals surface area contributed by atoms with E-state index in [1.165, 1.54) is 12.1 Å². The van der Waals surface area contributed by atoms with Gasteiger partial charge in [0.25, 0.3) is 11.8 Å². The Morgan fingerprint density at radius 2 is 2.22 bits per heavy atom. The first-order valence-corrected chi connectivity index (χ1v) is 7.16. The Morgan fingerprint density at radius 1 is 1.43 bits per heavy atom. The first kappa shape index (κ1) is 14.8. The maximum atomic E-state index is 12.0. The summed E-state index contributed by atoms with van der Waals surface area (Å²) in [7, 11) is 1.78. The second kappa shape index (κ2) is 5.61. The molecule has 0 unspecified atom stereocenters. The van der Waals surface area contributed by atoms with Crippen molar-refractivity contribution in [1.82, 2.24) is 20.0 Å². The number of nitrogens with zero attached hydrogens (tertiary/aromatic N) is 5. The third-order valence-corrected chi connectivity index (χ3v) is 4.01. The van der Waals surface area contributed by atoms with E-state index in [2.05, 4.69) is 20.6 Å². The zero-order valence-electron chi connectivity index (χ0n) is 12.0. The van der Waals surface area contributed by atoms with Crippen LogP contribution in [0.2, 0.25) is 0 Å². The van der Waals surface area contributed by atoms with Crippen molar-refractivity contribution in [3.05, 3.63) is 38.9 Å². The molecule has 3 rings (SSSR count). The minimum absolute atomic E-state index is 0.107. The molecule has 23 heavy (non-hydrogen) atoms. The molecule has 0 atom stereocenters. The first-order valence-electron chi connectivity index (χ1n) is 6.34. The molecular weight excluding hydrogens is 324 g/mol. The molecule has 0 aliphatic heterocycles. The number of carbonyl (C=O) groups is 1. The van der Waals surface area contributed by atoms with Crippen LogP contribution < -0.4 is 5.32 Å². The van der Waals surface area contributed by atoms with Crippen molar-refractivity contribution in [2.24, 2.45) is 7.05 Å². The molecule has 10 nitrogen and oxygen atoms in total. The van der Waals surface area contributed by atoms with E-state index in [0.717, 1.165) is 17.0 Å². The van der Waals surface area contributed by atoms with E-state index >= 15 is 0 Å². The molecule has 0 fully saturated rings. The fourth-order valence-corrected chi connectivity index (χ4v) is 2.46. The van der Waals surface area contributed by atoms with Crippen LogP contribution in [0.15, 0.2) is 22.6 Å². The topological polar surface area (TPSA) is 129 Å². The van der Waals surface area contributed by atoms with Gasteiger partial charge in [0.1, 0.15) is 5.69 Å². The molecule has 0 radical (unpaired) electrons. The summed E-state index contributed by atoms with van der Waals surface area (Å²) in [5.41, 5.74) is 1.40. The molecule has 3 aromatic heterocycles. The molecule has 0 saturated heterocycles. The van der Waals surface area contributed by atoms with Gasteiger partial charge in [-0.25, -0.2) is 0 Å². The van der Waals surface area contributed by atoms with Gasteiger partial charge in [0.05, 0.1) is 9.80 Å². The number of hydrogen-bond donors (Lipinski definition) is 1. The highest BCUT2D eigenvalue weighted by molar-refractivity contribution is 7.17. The average molecular weight is 334 g/mol. The van der Waals surface area contributed by atoms with Gasteiger partial charge < -0.3 is 4.42 Å². The molecule has 3 heterocycles. The molecule has 0 spiro atoms. The van der Waals surface area contributed by atoms with Gasteiger partial charge >= 0.3 is 11.0 Å². The van der Waals surface area contributed by atoms with Crippen molar-refractivity contribution in [2.45, 2.75) is 6.92 Å². The molecule has 0 saturated carbocycles. The van der Waals surface area contributed by atoms with Crippen LogP contribution in [-0.4, -0.2) is 30.8 Å².